The zero-order chi connectivity index (χ0) is 12.4. The first-order chi connectivity index (χ1) is 8.15. The Balaban J connectivity index is 2.99. The lowest BCUT2D eigenvalue weighted by Gasteiger charge is -2.06. The van der Waals surface area contributed by atoms with E-state index in [0.29, 0.717) is 10.8 Å². The molecule has 0 amide bonds. The lowest BCUT2D eigenvalue weighted by Crippen LogP contribution is -1.85. The predicted molar refractivity (Wildman–Crippen MR) is 63.0 cm³/mol. The third-order valence-electron chi connectivity index (χ3n) is 2.32. The third-order valence-corrected chi connectivity index (χ3v) is 3.09. The molecule has 0 aliphatic heterocycles. The Hall–Kier alpha value is -2.24. The van der Waals surface area contributed by atoms with E-state index >= 15 is 0 Å². The molecule has 0 radical (unpaired) electrons. The van der Waals surface area contributed by atoms with E-state index in [1.807, 2.05) is 0 Å². The van der Waals surface area contributed by atoms with Crippen molar-refractivity contribution in [2.45, 2.75) is 4.90 Å². The minimum atomic E-state index is -2.83. The van der Waals surface area contributed by atoms with Crippen LogP contribution in [0.15, 0.2) is 40.3 Å². The lowest BCUT2D eigenvalue weighted by atomic mass is 10.1. The number of aromatic hydroxyl groups is 1. The second kappa shape index (κ2) is 4.32. The highest BCUT2D eigenvalue weighted by Gasteiger charge is 2.11. The van der Waals surface area contributed by atoms with Crippen LogP contribution in [0.25, 0.3) is 21.2 Å². The van der Waals surface area contributed by atoms with E-state index in [4.69, 9.17) is 5.53 Å². The molecule has 1 N–H and O–H groups in total. The Morgan fingerprint density at radius 3 is 2.47 bits per heavy atom. The smallest absolute Gasteiger partial charge is 0.168 e. The molecule has 2 aromatic rings. The molecule has 0 aliphatic carbocycles. The van der Waals surface area contributed by atoms with Crippen LogP contribution >= 0.6 is 0 Å². The molecule has 0 heterocycles. The van der Waals surface area contributed by atoms with E-state index in [1.54, 1.807) is 24.3 Å². The van der Waals surface area contributed by atoms with E-state index in [0.717, 1.165) is 6.07 Å². The average Bonchev–Trinajstić information content (AvgIpc) is 2.32. The van der Waals surface area contributed by atoms with Crippen molar-refractivity contribution in [3.05, 3.63) is 40.8 Å². The van der Waals surface area contributed by atoms with Gasteiger partial charge in [0.05, 0.1) is 10.6 Å². The summed E-state index contributed by atoms with van der Waals surface area (Å²) in [5.41, 5.74) is 8.25. The fourth-order valence-corrected chi connectivity index (χ4v) is 2.22. The van der Waals surface area contributed by atoms with Crippen LogP contribution < -0.4 is 0 Å². The quantitative estimate of drug-likeness (QED) is 0.369. The van der Waals surface area contributed by atoms with Gasteiger partial charge in [0.2, 0.25) is 0 Å². The number of hydrogen-bond donors (Lipinski definition) is 2. The summed E-state index contributed by atoms with van der Waals surface area (Å²) in [6, 6.07) is 7.61. The highest BCUT2D eigenvalue weighted by molar-refractivity contribution is 7.72. The maximum Gasteiger partial charge on any atom is 0.168 e. The molecular weight excluding hydrogens is 242 g/mol. The minimum Gasteiger partial charge on any atom is -0.507 e. The van der Waals surface area contributed by atoms with Gasteiger partial charge in [0, 0.05) is 15.7 Å². The predicted octanol–water partition coefficient (Wildman–Crippen LogP) is 2.46. The molecule has 0 aliphatic rings. The molecule has 17 heavy (non-hydrogen) atoms. The third kappa shape index (κ3) is 1.89. The summed E-state index contributed by atoms with van der Waals surface area (Å²) < 4.78 is 22.2. The van der Waals surface area contributed by atoms with Gasteiger partial charge in [-0.2, -0.15) is 0 Å². The van der Waals surface area contributed by atoms with Crippen molar-refractivity contribution >= 4 is 27.2 Å². The Morgan fingerprint density at radius 1 is 1.24 bits per heavy atom. The molecule has 2 aromatic carbocycles. The van der Waals surface area contributed by atoms with Crippen molar-refractivity contribution in [1.29, 1.82) is 0 Å². The van der Waals surface area contributed by atoms with Gasteiger partial charge in [-0.15, -0.1) is 0 Å². The maximum atomic E-state index is 11.1. The van der Waals surface area contributed by atoms with Crippen LogP contribution in [0.2, 0.25) is 0 Å². The van der Waals surface area contributed by atoms with Gasteiger partial charge < -0.3 is 5.11 Å². The van der Waals surface area contributed by atoms with Gasteiger partial charge in [-0.05, 0) is 11.6 Å². The molecule has 0 saturated heterocycles. The van der Waals surface area contributed by atoms with E-state index in [-0.39, 0.29) is 16.3 Å². The second-order valence-corrected chi connectivity index (χ2v) is 4.25. The van der Waals surface area contributed by atoms with Crippen molar-refractivity contribution in [3.63, 3.8) is 0 Å². The van der Waals surface area contributed by atoms with Crippen LogP contribution in [0, 0.1) is 0 Å². The van der Waals surface area contributed by atoms with E-state index in [1.165, 1.54) is 0 Å². The molecule has 2 rings (SSSR count). The number of phenolic OH excluding ortho intramolecular Hbond substituents is 1. The number of azide groups is 1. The molecule has 0 aromatic heterocycles. The summed E-state index contributed by atoms with van der Waals surface area (Å²) in [7, 11) is -2.83. The maximum absolute atomic E-state index is 11.1. The van der Waals surface area contributed by atoms with Gasteiger partial charge in [0.25, 0.3) is 0 Å². The summed E-state index contributed by atoms with van der Waals surface area (Å²) in [6.07, 6.45) is 0. The molecule has 6 nitrogen and oxygen atoms in total. The van der Waals surface area contributed by atoms with E-state index in [2.05, 4.69) is 10.0 Å². The first-order valence-corrected chi connectivity index (χ1v) is 5.77. The first-order valence-electron chi connectivity index (χ1n) is 4.59. The Kier molecular flexibility index (Phi) is 2.86. The molecule has 7 heteroatoms. The number of phenols is 1. The number of thiol groups is 1. The standard InChI is InChI=1S/C10H7N3O3S/c11-13-12-8-5-9(17(15)16)6-3-1-2-4-7(6)10(8)14/h1-5,14,17H. The van der Waals surface area contributed by atoms with Gasteiger partial charge >= 0.3 is 0 Å². The molecular formula is C10H7N3O3S. The first kappa shape index (κ1) is 11.3. The average molecular weight is 249 g/mol. The van der Waals surface area contributed by atoms with Crippen LogP contribution in [-0.4, -0.2) is 13.5 Å². The van der Waals surface area contributed by atoms with Crippen molar-refractivity contribution in [2.24, 2.45) is 5.11 Å². The monoisotopic (exact) mass is 249 g/mol. The Labute approximate surface area is 97.7 Å². The zero-order valence-electron chi connectivity index (χ0n) is 8.44. The van der Waals surface area contributed by atoms with Crippen LogP contribution in [0.4, 0.5) is 5.69 Å². The number of nitrogens with zero attached hydrogens (tertiary/aromatic N) is 3. The topological polar surface area (TPSA) is 103 Å². The minimum absolute atomic E-state index is 0.0239. The summed E-state index contributed by atoms with van der Waals surface area (Å²) >= 11 is 0. The summed E-state index contributed by atoms with van der Waals surface area (Å²) in [5.74, 6) is -0.223. The van der Waals surface area contributed by atoms with Crippen LogP contribution in [0.5, 0.6) is 5.75 Å². The highest BCUT2D eigenvalue weighted by Crippen LogP contribution is 2.37. The number of fused-ring (bicyclic) bond motifs is 1. The van der Waals surface area contributed by atoms with Crippen molar-refractivity contribution in [1.82, 2.24) is 0 Å². The highest BCUT2D eigenvalue weighted by atomic mass is 32.2. The Morgan fingerprint density at radius 2 is 1.88 bits per heavy atom. The molecule has 0 saturated carbocycles. The number of hydrogen-bond acceptors (Lipinski definition) is 4. The Bertz CT molecular complexity index is 710. The normalized spacial score (nSPS) is 10.4. The molecule has 86 valence electrons. The molecule has 0 atom stereocenters. The number of rotatable bonds is 2. The zero-order valence-corrected chi connectivity index (χ0v) is 9.33. The van der Waals surface area contributed by atoms with Crippen LogP contribution in [0.3, 0.4) is 0 Å². The number of benzene rings is 2. The van der Waals surface area contributed by atoms with Gasteiger partial charge in [-0.3, -0.25) is 0 Å². The SMILES string of the molecule is [N-]=[N+]=Nc1cc([SH](=O)=O)c2ccccc2c1O. The van der Waals surface area contributed by atoms with E-state index in [9.17, 15) is 13.5 Å². The van der Waals surface area contributed by atoms with Crippen LogP contribution in [-0.2, 0) is 10.7 Å². The fraction of sp³-hybridized carbons (Fsp3) is 0. The fourth-order valence-electron chi connectivity index (χ4n) is 1.60. The van der Waals surface area contributed by atoms with Crippen molar-refractivity contribution in [2.75, 3.05) is 0 Å². The van der Waals surface area contributed by atoms with Crippen LogP contribution in [0.1, 0.15) is 0 Å². The van der Waals surface area contributed by atoms with Gasteiger partial charge in [-0.25, -0.2) is 8.42 Å². The molecule has 0 unspecified atom stereocenters. The molecule has 0 fully saturated rings. The van der Waals surface area contributed by atoms with E-state index < -0.39 is 10.7 Å². The summed E-state index contributed by atoms with van der Waals surface area (Å²) in [5, 5.41) is 13.8. The van der Waals surface area contributed by atoms with Gasteiger partial charge in [-0.1, -0.05) is 29.4 Å². The van der Waals surface area contributed by atoms with Gasteiger partial charge in [0.1, 0.15) is 5.75 Å². The largest absolute Gasteiger partial charge is 0.507 e. The second-order valence-electron chi connectivity index (χ2n) is 3.26. The summed E-state index contributed by atoms with van der Waals surface area (Å²) in [6.45, 7) is 0. The van der Waals surface area contributed by atoms with Gasteiger partial charge in [0.15, 0.2) is 10.7 Å². The lowest BCUT2D eigenvalue weighted by molar-refractivity contribution is 0.482. The summed E-state index contributed by atoms with van der Waals surface area (Å²) in [4.78, 5) is 2.57. The van der Waals surface area contributed by atoms with Crippen molar-refractivity contribution < 1.29 is 13.5 Å². The molecule has 0 bridgehead atoms. The van der Waals surface area contributed by atoms with Crippen molar-refractivity contribution in [3.8, 4) is 5.75 Å². The molecule has 0 spiro atoms.